The number of hydrogen-bond acceptors (Lipinski definition) is 2. The summed E-state index contributed by atoms with van der Waals surface area (Å²) in [6.45, 7) is 6.34. The fourth-order valence-electron chi connectivity index (χ4n) is 1.39. The minimum Gasteiger partial charge on any atom is -0.305 e. The van der Waals surface area contributed by atoms with Crippen molar-refractivity contribution in [2.45, 2.75) is 64.6 Å². The molecule has 0 atom stereocenters. The maximum Gasteiger partial charge on any atom is 0.123 e. The topological polar surface area (TPSA) is 40.9 Å². The second kappa shape index (κ2) is 7.64. The molecule has 0 aromatic rings. The predicted molar refractivity (Wildman–Crippen MR) is 66.3 cm³/mol. The molecule has 0 aliphatic carbocycles. The normalized spacial score (nSPS) is 11.1. The van der Waals surface area contributed by atoms with E-state index in [-0.39, 0.29) is 0 Å². The summed E-state index contributed by atoms with van der Waals surface area (Å²) in [4.78, 5) is 11.6. The minimum atomic E-state index is -1.52. The lowest BCUT2D eigenvalue weighted by Crippen LogP contribution is -2.32. The molecular formula is C12H23NOSi. The van der Waals surface area contributed by atoms with Crippen molar-refractivity contribution in [1.29, 1.82) is 5.26 Å². The third-order valence-corrected chi connectivity index (χ3v) is 4.45. The molecular weight excluding hydrogens is 202 g/mol. The molecule has 0 saturated heterocycles. The summed E-state index contributed by atoms with van der Waals surface area (Å²) in [5, 5.41) is 8.84. The van der Waals surface area contributed by atoms with Crippen LogP contribution in [0.2, 0.25) is 19.6 Å². The summed E-state index contributed by atoms with van der Waals surface area (Å²) in [5.41, 5.74) is 0. The third kappa shape index (κ3) is 8.38. The number of carbonyl (C=O) groups is 1. The molecule has 0 bridgehead atoms. The first kappa shape index (κ1) is 14.4. The van der Waals surface area contributed by atoms with Crippen molar-refractivity contribution in [3.63, 3.8) is 0 Å². The maximum atomic E-state index is 11.6. The van der Waals surface area contributed by atoms with Crippen LogP contribution in [0.3, 0.4) is 0 Å². The highest BCUT2D eigenvalue weighted by Gasteiger charge is 2.22. The first-order valence-corrected chi connectivity index (χ1v) is 9.38. The molecule has 0 aromatic carbocycles. The van der Waals surface area contributed by atoms with Gasteiger partial charge >= 0.3 is 0 Å². The van der Waals surface area contributed by atoms with E-state index < -0.39 is 8.07 Å². The lowest BCUT2D eigenvalue weighted by atomic mass is 10.1. The zero-order valence-electron chi connectivity index (χ0n) is 10.3. The van der Waals surface area contributed by atoms with Gasteiger partial charge < -0.3 is 4.79 Å². The Labute approximate surface area is 94.7 Å². The largest absolute Gasteiger partial charge is 0.305 e. The molecule has 2 nitrogen and oxygen atoms in total. The molecule has 0 heterocycles. The van der Waals surface area contributed by atoms with E-state index >= 15 is 0 Å². The second-order valence-corrected chi connectivity index (χ2v) is 10.2. The smallest absolute Gasteiger partial charge is 0.123 e. The molecule has 0 rings (SSSR count). The molecule has 15 heavy (non-hydrogen) atoms. The number of unbranched alkanes of at least 4 members (excludes halogenated alkanes) is 5. The van der Waals surface area contributed by atoms with E-state index in [9.17, 15) is 4.79 Å². The van der Waals surface area contributed by atoms with Crippen LogP contribution in [0, 0.1) is 11.3 Å². The molecule has 0 aromatic heterocycles. The van der Waals surface area contributed by atoms with Gasteiger partial charge in [-0.1, -0.05) is 38.9 Å². The standard InChI is InChI=1S/C12H23NOSi/c1-15(2,3)12(14)10-8-6-4-5-7-9-11-13/h4-10H2,1-3H3. The molecule has 0 spiro atoms. The maximum absolute atomic E-state index is 11.6. The van der Waals surface area contributed by atoms with Gasteiger partial charge in [0, 0.05) is 12.8 Å². The van der Waals surface area contributed by atoms with E-state index in [1.54, 1.807) is 0 Å². The lowest BCUT2D eigenvalue weighted by Gasteiger charge is -2.13. The van der Waals surface area contributed by atoms with E-state index in [4.69, 9.17) is 5.26 Å². The van der Waals surface area contributed by atoms with Crippen molar-refractivity contribution in [2.24, 2.45) is 0 Å². The molecule has 0 radical (unpaired) electrons. The van der Waals surface area contributed by atoms with Gasteiger partial charge in [-0.3, -0.25) is 0 Å². The van der Waals surface area contributed by atoms with E-state index in [0.29, 0.717) is 11.8 Å². The number of hydrogen-bond donors (Lipinski definition) is 0. The number of rotatable bonds is 8. The first-order valence-electron chi connectivity index (χ1n) is 5.88. The molecule has 0 unspecified atom stereocenters. The summed E-state index contributed by atoms with van der Waals surface area (Å²) in [6.07, 6.45) is 6.94. The number of carbonyl (C=O) groups excluding carboxylic acids is 1. The van der Waals surface area contributed by atoms with Crippen molar-refractivity contribution in [1.82, 2.24) is 0 Å². The van der Waals surface area contributed by atoms with Gasteiger partial charge in [0.1, 0.15) is 13.5 Å². The van der Waals surface area contributed by atoms with Crippen LogP contribution in [-0.2, 0) is 4.79 Å². The Hall–Kier alpha value is -0.623. The number of nitrogens with zero attached hydrogens (tertiary/aromatic N) is 1. The predicted octanol–water partition coefficient (Wildman–Crippen LogP) is 3.69. The van der Waals surface area contributed by atoms with E-state index in [1.165, 1.54) is 6.42 Å². The van der Waals surface area contributed by atoms with Crippen LogP contribution < -0.4 is 0 Å². The van der Waals surface area contributed by atoms with Crippen molar-refractivity contribution in [2.75, 3.05) is 0 Å². The Balaban J connectivity index is 3.33. The van der Waals surface area contributed by atoms with Gasteiger partial charge in [-0.25, -0.2) is 0 Å². The Kier molecular flexibility index (Phi) is 7.32. The minimum absolute atomic E-state index is 0.500. The summed E-state index contributed by atoms with van der Waals surface area (Å²) < 4.78 is 0. The monoisotopic (exact) mass is 225 g/mol. The van der Waals surface area contributed by atoms with Gasteiger partial charge in [0.25, 0.3) is 0 Å². The van der Waals surface area contributed by atoms with Crippen LogP contribution in [0.1, 0.15) is 44.9 Å². The Bertz CT molecular complexity index is 225. The van der Waals surface area contributed by atoms with E-state index in [2.05, 4.69) is 25.7 Å². The summed E-state index contributed by atoms with van der Waals surface area (Å²) in [7, 11) is -1.52. The van der Waals surface area contributed by atoms with Crippen LogP contribution in [-0.4, -0.2) is 13.5 Å². The highest BCUT2D eigenvalue weighted by molar-refractivity contribution is 7.03. The van der Waals surface area contributed by atoms with Crippen molar-refractivity contribution >= 4 is 13.5 Å². The lowest BCUT2D eigenvalue weighted by molar-refractivity contribution is -0.112. The number of nitriles is 1. The highest BCUT2D eigenvalue weighted by Crippen LogP contribution is 2.11. The molecule has 0 saturated carbocycles. The van der Waals surface area contributed by atoms with Gasteiger partial charge in [0.05, 0.1) is 6.07 Å². The van der Waals surface area contributed by atoms with Crippen LogP contribution >= 0.6 is 0 Å². The van der Waals surface area contributed by atoms with Crippen molar-refractivity contribution in [3.8, 4) is 6.07 Å². The molecule has 0 aliphatic rings. The van der Waals surface area contributed by atoms with Crippen LogP contribution in [0.4, 0.5) is 0 Å². The average molecular weight is 225 g/mol. The van der Waals surface area contributed by atoms with Crippen molar-refractivity contribution in [3.05, 3.63) is 0 Å². The molecule has 86 valence electrons. The fourth-order valence-corrected chi connectivity index (χ4v) is 2.32. The van der Waals surface area contributed by atoms with Crippen LogP contribution in [0.5, 0.6) is 0 Å². The van der Waals surface area contributed by atoms with E-state index in [1.807, 2.05) is 0 Å². The fraction of sp³-hybridized carbons (Fsp3) is 0.833. The molecule has 0 amide bonds. The van der Waals surface area contributed by atoms with Gasteiger partial charge in [-0.05, 0) is 12.8 Å². The second-order valence-electron chi connectivity index (χ2n) is 5.10. The zero-order chi connectivity index (χ0) is 11.7. The zero-order valence-corrected chi connectivity index (χ0v) is 11.3. The SMILES string of the molecule is C[Si](C)(C)C(=O)CCCCCCCC#N. The first-order chi connectivity index (χ1) is 6.98. The van der Waals surface area contributed by atoms with Crippen LogP contribution in [0.25, 0.3) is 0 Å². The Morgan fingerprint density at radius 1 is 1.07 bits per heavy atom. The average Bonchev–Trinajstić information content (AvgIpc) is 2.14. The quantitative estimate of drug-likeness (QED) is 0.467. The molecule has 3 heteroatoms. The van der Waals surface area contributed by atoms with E-state index in [0.717, 1.165) is 32.1 Å². The van der Waals surface area contributed by atoms with Gasteiger partial charge in [-0.2, -0.15) is 5.26 Å². The Morgan fingerprint density at radius 2 is 1.60 bits per heavy atom. The van der Waals surface area contributed by atoms with Gasteiger partial charge in [-0.15, -0.1) is 0 Å². The summed E-state index contributed by atoms with van der Waals surface area (Å²) >= 11 is 0. The third-order valence-electron chi connectivity index (χ3n) is 2.53. The summed E-state index contributed by atoms with van der Waals surface area (Å²) in [5.74, 6) is 0. The molecule has 0 aliphatic heterocycles. The highest BCUT2D eigenvalue weighted by atomic mass is 28.3. The van der Waals surface area contributed by atoms with Crippen molar-refractivity contribution < 1.29 is 4.79 Å². The Morgan fingerprint density at radius 3 is 2.13 bits per heavy atom. The van der Waals surface area contributed by atoms with Crippen LogP contribution in [0.15, 0.2) is 0 Å². The molecule has 0 N–H and O–H groups in total. The molecule has 0 fully saturated rings. The van der Waals surface area contributed by atoms with Gasteiger partial charge in [0.15, 0.2) is 0 Å². The summed E-state index contributed by atoms with van der Waals surface area (Å²) in [6, 6.07) is 2.15. The van der Waals surface area contributed by atoms with Gasteiger partial charge in [0.2, 0.25) is 0 Å².